The minimum absolute atomic E-state index is 0.747. The predicted molar refractivity (Wildman–Crippen MR) is 31.0 cm³/mol. The van der Waals surface area contributed by atoms with Gasteiger partial charge in [0.15, 0.2) is 0 Å². The van der Waals surface area contributed by atoms with Crippen molar-refractivity contribution in [3.63, 3.8) is 0 Å². The summed E-state index contributed by atoms with van der Waals surface area (Å²) in [5.41, 5.74) is 0. The van der Waals surface area contributed by atoms with Gasteiger partial charge in [-0.3, -0.25) is 0 Å². The van der Waals surface area contributed by atoms with Gasteiger partial charge in [0.25, 0.3) is 0 Å². The molecule has 0 aromatic heterocycles. The van der Waals surface area contributed by atoms with Crippen molar-refractivity contribution in [2.75, 3.05) is 7.11 Å². The Kier molecular flexibility index (Phi) is 3.11. The molecule has 0 aliphatic rings. The molecule has 0 spiro atoms. The van der Waals surface area contributed by atoms with Crippen molar-refractivity contribution in [2.24, 2.45) is 0 Å². The van der Waals surface area contributed by atoms with Gasteiger partial charge in [-0.05, 0) is 0 Å². The average molecular weight is 98.1 g/mol. The van der Waals surface area contributed by atoms with Crippen LogP contribution in [0.4, 0.5) is 0 Å². The Hall–Kier alpha value is -0.720. The van der Waals surface area contributed by atoms with Crippen LogP contribution in [0.1, 0.15) is 6.42 Å². The molecule has 0 aromatic rings. The lowest BCUT2D eigenvalue weighted by molar-refractivity contribution is 0.287. The van der Waals surface area contributed by atoms with E-state index in [-0.39, 0.29) is 0 Å². The number of rotatable bonds is 3. The monoisotopic (exact) mass is 98.1 g/mol. The molecule has 0 aromatic carbocycles. The van der Waals surface area contributed by atoms with Crippen LogP contribution in [0, 0.1) is 0 Å². The minimum atomic E-state index is 0.747. The van der Waals surface area contributed by atoms with Gasteiger partial charge in [-0.15, -0.1) is 6.58 Å². The SMILES string of the molecule is C=CCC(=C)OC. The number of allylic oxidation sites excluding steroid dienone is 1. The third-order valence-corrected chi connectivity index (χ3v) is 0.661. The molecule has 0 amide bonds. The summed E-state index contributed by atoms with van der Waals surface area (Å²) in [6.45, 7) is 7.08. The summed E-state index contributed by atoms with van der Waals surface area (Å²) in [5, 5.41) is 0. The molecule has 0 bridgehead atoms. The molecule has 0 fully saturated rings. The molecule has 1 heteroatoms. The number of methoxy groups -OCH3 is 1. The Bertz CT molecular complexity index is 74.2. The third kappa shape index (κ3) is 3.10. The summed E-state index contributed by atoms with van der Waals surface area (Å²) in [7, 11) is 1.60. The highest BCUT2D eigenvalue weighted by Gasteiger charge is 1.80. The molecule has 1 nitrogen and oxygen atoms in total. The number of hydrogen-bond acceptors (Lipinski definition) is 1. The Balaban J connectivity index is 3.17. The zero-order valence-electron chi connectivity index (χ0n) is 4.61. The highest BCUT2D eigenvalue weighted by molar-refractivity contribution is 4.89. The van der Waals surface area contributed by atoms with Gasteiger partial charge in [0, 0.05) is 6.42 Å². The molecule has 0 saturated heterocycles. The van der Waals surface area contributed by atoms with Gasteiger partial charge in [0.1, 0.15) is 0 Å². The summed E-state index contributed by atoms with van der Waals surface area (Å²) >= 11 is 0. The van der Waals surface area contributed by atoms with Gasteiger partial charge in [-0.2, -0.15) is 0 Å². The maximum Gasteiger partial charge on any atom is 0.0921 e. The van der Waals surface area contributed by atoms with E-state index >= 15 is 0 Å². The molecule has 0 aliphatic carbocycles. The predicted octanol–water partition coefficient (Wildman–Crippen LogP) is 1.72. The van der Waals surface area contributed by atoms with Crippen molar-refractivity contribution >= 4 is 0 Å². The van der Waals surface area contributed by atoms with E-state index in [1.54, 1.807) is 13.2 Å². The van der Waals surface area contributed by atoms with Crippen LogP contribution in [0.15, 0.2) is 25.0 Å². The first-order valence-electron chi connectivity index (χ1n) is 2.14. The van der Waals surface area contributed by atoms with Crippen molar-refractivity contribution in [2.45, 2.75) is 6.42 Å². The van der Waals surface area contributed by atoms with Crippen molar-refractivity contribution in [1.29, 1.82) is 0 Å². The Morgan fingerprint density at radius 2 is 2.43 bits per heavy atom. The fraction of sp³-hybridized carbons (Fsp3) is 0.333. The lowest BCUT2D eigenvalue weighted by atomic mass is 10.4. The smallest absolute Gasteiger partial charge is 0.0921 e. The van der Waals surface area contributed by atoms with Crippen LogP contribution in [-0.2, 0) is 4.74 Å². The van der Waals surface area contributed by atoms with Crippen molar-refractivity contribution in [3.05, 3.63) is 25.0 Å². The van der Waals surface area contributed by atoms with Crippen LogP contribution in [-0.4, -0.2) is 7.11 Å². The van der Waals surface area contributed by atoms with Crippen LogP contribution in [0.5, 0.6) is 0 Å². The van der Waals surface area contributed by atoms with Gasteiger partial charge in [0.2, 0.25) is 0 Å². The largest absolute Gasteiger partial charge is 0.501 e. The van der Waals surface area contributed by atoms with E-state index in [9.17, 15) is 0 Å². The van der Waals surface area contributed by atoms with E-state index in [1.165, 1.54) is 0 Å². The molecule has 0 N–H and O–H groups in total. The van der Waals surface area contributed by atoms with Crippen LogP contribution >= 0.6 is 0 Å². The third-order valence-electron chi connectivity index (χ3n) is 0.661. The molecule has 0 heterocycles. The Morgan fingerprint density at radius 3 is 2.57 bits per heavy atom. The summed E-state index contributed by atoms with van der Waals surface area (Å²) < 4.78 is 4.72. The summed E-state index contributed by atoms with van der Waals surface area (Å²) in [6, 6.07) is 0. The van der Waals surface area contributed by atoms with E-state index < -0.39 is 0 Å². The van der Waals surface area contributed by atoms with Crippen LogP contribution in [0.25, 0.3) is 0 Å². The van der Waals surface area contributed by atoms with E-state index in [0.717, 1.165) is 12.2 Å². The fourth-order valence-electron chi connectivity index (χ4n) is 0.244. The molecule has 40 valence electrons. The molecule has 7 heavy (non-hydrogen) atoms. The molecule has 0 atom stereocenters. The lowest BCUT2D eigenvalue weighted by Crippen LogP contribution is -1.78. The molecule has 0 unspecified atom stereocenters. The van der Waals surface area contributed by atoms with E-state index in [2.05, 4.69) is 13.2 Å². The van der Waals surface area contributed by atoms with E-state index in [0.29, 0.717) is 0 Å². The van der Waals surface area contributed by atoms with Crippen LogP contribution in [0.3, 0.4) is 0 Å². The van der Waals surface area contributed by atoms with Crippen LogP contribution < -0.4 is 0 Å². The second-order valence-corrected chi connectivity index (χ2v) is 1.24. The minimum Gasteiger partial charge on any atom is -0.501 e. The average Bonchev–Trinajstić information content (AvgIpc) is 1.68. The maximum atomic E-state index is 4.72. The maximum absolute atomic E-state index is 4.72. The van der Waals surface area contributed by atoms with Crippen molar-refractivity contribution in [3.8, 4) is 0 Å². The summed E-state index contributed by atoms with van der Waals surface area (Å²) in [5.74, 6) is 0.759. The van der Waals surface area contributed by atoms with Crippen LogP contribution in [0.2, 0.25) is 0 Å². The Labute approximate surface area is 44.3 Å². The first-order chi connectivity index (χ1) is 3.31. The summed E-state index contributed by atoms with van der Waals surface area (Å²) in [4.78, 5) is 0. The molecule has 0 saturated carbocycles. The Morgan fingerprint density at radius 1 is 1.86 bits per heavy atom. The highest BCUT2D eigenvalue weighted by Crippen LogP contribution is 1.95. The standard InChI is InChI=1S/C6H10O/c1-4-5-6(2)7-3/h4H,1-2,5H2,3H3. The molecular formula is C6H10O. The highest BCUT2D eigenvalue weighted by atomic mass is 16.5. The van der Waals surface area contributed by atoms with Gasteiger partial charge in [0.05, 0.1) is 12.9 Å². The summed E-state index contributed by atoms with van der Waals surface area (Å²) in [6.07, 6.45) is 2.50. The topological polar surface area (TPSA) is 9.23 Å². The first kappa shape index (κ1) is 6.28. The fourth-order valence-corrected chi connectivity index (χ4v) is 0.244. The van der Waals surface area contributed by atoms with E-state index in [1.807, 2.05) is 0 Å². The van der Waals surface area contributed by atoms with E-state index in [4.69, 9.17) is 4.74 Å². The quantitative estimate of drug-likeness (QED) is 0.386. The molecule has 0 aliphatic heterocycles. The van der Waals surface area contributed by atoms with Crippen molar-refractivity contribution < 1.29 is 4.74 Å². The number of ether oxygens (including phenoxy) is 1. The molecule has 0 radical (unpaired) electrons. The zero-order valence-corrected chi connectivity index (χ0v) is 4.61. The first-order valence-corrected chi connectivity index (χ1v) is 2.14. The van der Waals surface area contributed by atoms with Gasteiger partial charge in [-0.25, -0.2) is 0 Å². The second-order valence-electron chi connectivity index (χ2n) is 1.24. The lowest BCUT2D eigenvalue weighted by Gasteiger charge is -1.95. The zero-order chi connectivity index (χ0) is 5.70. The molecule has 0 rings (SSSR count). The van der Waals surface area contributed by atoms with Gasteiger partial charge >= 0.3 is 0 Å². The number of hydrogen-bond donors (Lipinski definition) is 0. The van der Waals surface area contributed by atoms with Gasteiger partial charge < -0.3 is 4.74 Å². The molecular weight excluding hydrogens is 88.1 g/mol. The van der Waals surface area contributed by atoms with Crippen molar-refractivity contribution in [1.82, 2.24) is 0 Å². The van der Waals surface area contributed by atoms with Gasteiger partial charge in [-0.1, -0.05) is 12.7 Å². The second kappa shape index (κ2) is 3.47. The normalized spacial score (nSPS) is 7.57.